The Balaban J connectivity index is 6.36. The maximum atomic E-state index is 13.9. The van der Waals surface area contributed by atoms with E-state index in [0.717, 1.165) is 0 Å². The van der Waals surface area contributed by atoms with Crippen LogP contribution in [0.1, 0.15) is 19.3 Å². The third-order valence-electron chi connectivity index (χ3n) is 3.89. The highest BCUT2D eigenvalue weighted by Crippen LogP contribution is 2.54. The molecule has 0 radical (unpaired) electrons. The summed E-state index contributed by atoms with van der Waals surface area (Å²) in [7, 11) is -4.55. The highest BCUT2D eigenvalue weighted by molar-refractivity contribution is 7.86. The fourth-order valence-electron chi connectivity index (χ4n) is 2.30. The van der Waals surface area contributed by atoms with Gasteiger partial charge in [-0.2, -0.15) is 61.1 Å². The van der Waals surface area contributed by atoms with Crippen LogP contribution in [0, 0.1) is 5.92 Å². The summed E-state index contributed by atoms with van der Waals surface area (Å²) in [6.07, 6.45) is -35.9. The van der Waals surface area contributed by atoms with Crippen molar-refractivity contribution in [2.75, 3.05) is 12.9 Å². The van der Waals surface area contributed by atoms with Crippen LogP contribution in [0.3, 0.4) is 0 Å². The first-order valence-electron chi connectivity index (χ1n) is 7.44. The number of hydrogen-bond acceptors (Lipinski definition) is 4. The molecule has 0 rings (SSSR count). The van der Waals surface area contributed by atoms with Gasteiger partial charge >= 0.3 is 24.7 Å². The van der Waals surface area contributed by atoms with Gasteiger partial charge in [0.25, 0.3) is 21.5 Å². The fraction of sp³-hybridized carbons (Fsp3) is 1.00. The Kier molecular flexibility index (Phi) is 8.71. The largest absolute Gasteiger partial charge is 0.431 e. The summed E-state index contributed by atoms with van der Waals surface area (Å²) in [4.78, 5) is 3.60. The van der Waals surface area contributed by atoms with Crippen molar-refractivity contribution in [3.63, 3.8) is 0 Å². The molecule has 31 heavy (non-hydrogen) atoms. The molecule has 0 heterocycles. The van der Waals surface area contributed by atoms with Crippen molar-refractivity contribution in [1.82, 2.24) is 0 Å². The predicted molar refractivity (Wildman–Crippen MR) is 71.1 cm³/mol. The van der Waals surface area contributed by atoms with Gasteiger partial charge in [-0.05, 0) is 12.3 Å². The third-order valence-corrected chi connectivity index (χ3v) is 4.96. The first-order valence-corrected chi connectivity index (χ1v) is 9.02. The Hall–Kier alpha value is -1.11. The van der Waals surface area contributed by atoms with Crippen molar-refractivity contribution in [2.24, 2.45) is 5.92 Å². The summed E-state index contributed by atoms with van der Waals surface area (Å²) in [5.74, 6) is -5.22. The molecule has 4 nitrogen and oxygen atoms in total. The highest BCUT2D eigenvalue weighted by Gasteiger charge is 2.75. The van der Waals surface area contributed by atoms with Crippen LogP contribution in [-0.4, -0.2) is 57.3 Å². The fourth-order valence-corrected chi connectivity index (χ4v) is 3.20. The molecule has 0 saturated carbocycles. The number of alkyl halides is 14. The Morgan fingerprint density at radius 2 is 0.935 bits per heavy atom. The lowest BCUT2D eigenvalue weighted by molar-refractivity contribution is -0.356. The molecule has 0 aromatic carbocycles. The number of halogens is 14. The Bertz CT molecular complexity index is 622. The summed E-state index contributed by atoms with van der Waals surface area (Å²) in [6.45, 7) is 0. The molecule has 0 saturated heterocycles. The highest BCUT2D eigenvalue weighted by atomic mass is 32.2. The van der Waals surface area contributed by atoms with E-state index in [0.29, 0.717) is 7.11 Å². The quantitative estimate of drug-likeness (QED) is 0.235. The van der Waals surface area contributed by atoms with Gasteiger partial charge < -0.3 is 0 Å². The lowest BCUT2D eigenvalue weighted by Crippen LogP contribution is -2.57. The third kappa shape index (κ3) is 6.93. The minimum Gasteiger partial charge on any atom is -0.224 e. The van der Waals surface area contributed by atoms with Gasteiger partial charge in [0.2, 0.25) is 0 Å². The molecule has 0 aromatic heterocycles. The van der Waals surface area contributed by atoms with Crippen molar-refractivity contribution < 1.29 is 79.1 Å². The van der Waals surface area contributed by atoms with Gasteiger partial charge in [-0.1, -0.05) is 0 Å². The lowest BCUT2D eigenvalue weighted by atomic mass is 9.81. The van der Waals surface area contributed by atoms with Gasteiger partial charge in [0.1, 0.15) is 0 Å². The predicted octanol–water partition coefficient (Wildman–Crippen LogP) is 5.35. The standard InChI is InChI=1S/C12H12F14O4S/c1-29-30-31(27,28)3-2-6(4-7(13,9(15,16)17)10(18,19)20)5-8(14,11(21,22)23)12(24,25)26/h6H,2-5H2,1H3. The van der Waals surface area contributed by atoms with Crippen LogP contribution in [-0.2, 0) is 19.3 Å². The van der Waals surface area contributed by atoms with Crippen LogP contribution in [0.25, 0.3) is 0 Å². The molecule has 0 aliphatic carbocycles. The second kappa shape index (κ2) is 9.03. The molecule has 0 aromatic rings. The summed E-state index contributed by atoms with van der Waals surface area (Å²) < 4.78 is 206. The summed E-state index contributed by atoms with van der Waals surface area (Å²) in [6, 6.07) is 0. The SMILES string of the molecule is COOS(=O)(=O)CCC(CC(F)(C(F)(F)F)C(F)(F)F)CC(F)(C(F)(F)F)C(F)(F)F. The Morgan fingerprint density at radius 3 is 1.16 bits per heavy atom. The monoisotopic (exact) mass is 518 g/mol. The van der Waals surface area contributed by atoms with Crippen molar-refractivity contribution in [1.29, 1.82) is 0 Å². The molecular weight excluding hydrogens is 506 g/mol. The van der Waals surface area contributed by atoms with E-state index >= 15 is 0 Å². The molecule has 0 amide bonds. The zero-order valence-electron chi connectivity index (χ0n) is 14.7. The van der Waals surface area contributed by atoms with Crippen LogP contribution in [0.15, 0.2) is 0 Å². The lowest BCUT2D eigenvalue weighted by Gasteiger charge is -2.37. The van der Waals surface area contributed by atoms with Gasteiger partial charge in [0.05, 0.1) is 12.9 Å². The zero-order valence-corrected chi connectivity index (χ0v) is 15.6. The van der Waals surface area contributed by atoms with Gasteiger partial charge in [0, 0.05) is 12.8 Å². The molecule has 0 N–H and O–H groups in total. The first kappa shape index (κ1) is 29.9. The van der Waals surface area contributed by atoms with Crippen molar-refractivity contribution in [2.45, 2.75) is 55.3 Å². The Morgan fingerprint density at radius 1 is 0.645 bits per heavy atom. The van der Waals surface area contributed by atoms with E-state index in [1.54, 1.807) is 0 Å². The van der Waals surface area contributed by atoms with Crippen LogP contribution in [0.5, 0.6) is 0 Å². The molecule has 0 bridgehead atoms. The van der Waals surface area contributed by atoms with E-state index in [1.807, 2.05) is 0 Å². The average Bonchev–Trinajstić information content (AvgIpc) is 2.48. The number of rotatable bonds is 9. The van der Waals surface area contributed by atoms with Gasteiger partial charge in [-0.15, -0.1) is 4.33 Å². The van der Waals surface area contributed by atoms with Crippen molar-refractivity contribution in [3.05, 3.63) is 0 Å². The molecule has 0 aliphatic rings. The van der Waals surface area contributed by atoms with E-state index in [2.05, 4.69) is 9.22 Å². The van der Waals surface area contributed by atoms with Gasteiger partial charge in [0.15, 0.2) is 0 Å². The normalized spacial score (nSPS) is 15.6. The molecule has 19 heteroatoms. The van der Waals surface area contributed by atoms with E-state index in [9.17, 15) is 69.9 Å². The van der Waals surface area contributed by atoms with E-state index in [4.69, 9.17) is 0 Å². The minimum atomic E-state index is -6.90. The second-order valence-electron chi connectivity index (χ2n) is 6.15. The molecule has 0 atom stereocenters. The van der Waals surface area contributed by atoms with Crippen molar-refractivity contribution in [3.8, 4) is 0 Å². The second-order valence-corrected chi connectivity index (χ2v) is 7.81. The molecular formula is C12H12F14O4S. The maximum Gasteiger partial charge on any atom is 0.431 e. The molecule has 0 aliphatic heterocycles. The summed E-state index contributed by atoms with van der Waals surface area (Å²) >= 11 is 0. The zero-order chi connectivity index (χ0) is 25.3. The van der Waals surface area contributed by atoms with E-state index < -0.39 is 77.1 Å². The molecule has 0 spiro atoms. The summed E-state index contributed by atoms with van der Waals surface area (Å²) in [5.41, 5.74) is -12.8. The van der Waals surface area contributed by atoms with Crippen LogP contribution in [0.4, 0.5) is 61.5 Å². The molecule has 0 fully saturated rings. The van der Waals surface area contributed by atoms with Crippen LogP contribution >= 0.6 is 0 Å². The minimum absolute atomic E-state index is 0.523. The van der Waals surface area contributed by atoms with E-state index in [-0.39, 0.29) is 0 Å². The number of hydrogen-bond donors (Lipinski definition) is 0. The topological polar surface area (TPSA) is 52.6 Å². The maximum absolute atomic E-state index is 13.9. The van der Waals surface area contributed by atoms with Crippen molar-refractivity contribution >= 4 is 10.1 Å². The van der Waals surface area contributed by atoms with Gasteiger partial charge in [-0.25, -0.2) is 13.7 Å². The first-order chi connectivity index (χ1) is 13.3. The van der Waals surface area contributed by atoms with Crippen LogP contribution < -0.4 is 0 Å². The van der Waals surface area contributed by atoms with Gasteiger partial charge in [-0.3, -0.25) is 0 Å². The Labute approximate surface area is 164 Å². The summed E-state index contributed by atoms with van der Waals surface area (Å²) in [5, 5.41) is 0. The van der Waals surface area contributed by atoms with Crippen LogP contribution in [0.2, 0.25) is 0 Å². The molecule has 0 unspecified atom stereocenters. The molecule has 188 valence electrons. The average molecular weight is 518 g/mol. The van der Waals surface area contributed by atoms with E-state index in [1.165, 1.54) is 0 Å². The smallest absolute Gasteiger partial charge is 0.224 e.